The van der Waals surface area contributed by atoms with Gasteiger partial charge in [-0.3, -0.25) is 0 Å². The monoisotopic (exact) mass is 275 g/mol. The highest BCUT2D eigenvalue weighted by atomic mass is 15.0. The minimum atomic E-state index is 0. The topological polar surface area (TPSA) is 3.24 Å². The van der Waals surface area contributed by atoms with Crippen molar-refractivity contribution >= 4 is 10.8 Å². The quantitative estimate of drug-likeness (QED) is 0.685. The minimum Gasteiger partial charge on any atom is -0.305 e. The van der Waals surface area contributed by atoms with Crippen LogP contribution in [0.15, 0.2) is 36.4 Å². The van der Waals surface area contributed by atoms with Gasteiger partial charge in [-0.25, -0.2) is 0 Å². The van der Waals surface area contributed by atoms with Crippen LogP contribution in [-0.2, 0) is 13.0 Å². The van der Waals surface area contributed by atoms with Gasteiger partial charge in [0.1, 0.15) is 0 Å². The van der Waals surface area contributed by atoms with E-state index in [2.05, 4.69) is 62.3 Å². The predicted octanol–water partition coefficient (Wildman–Crippen LogP) is 5.76. The molecule has 1 nitrogen and oxygen atoms in total. The minimum absolute atomic E-state index is 0. The van der Waals surface area contributed by atoms with E-state index in [1.165, 1.54) is 34.7 Å². The van der Waals surface area contributed by atoms with Gasteiger partial charge in [0.25, 0.3) is 0 Å². The zero-order chi connectivity index (χ0) is 12.3. The summed E-state index contributed by atoms with van der Waals surface area (Å²) in [5.74, 6) is 0. The lowest BCUT2D eigenvalue weighted by Gasteiger charge is -2.14. The number of rotatable bonds is 4. The molecule has 0 aliphatic carbocycles. The van der Waals surface area contributed by atoms with Crippen LogP contribution in [0, 0.1) is 0 Å². The summed E-state index contributed by atoms with van der Waals surface area (Å²) in [6.07, 6.45) is 2.37. The molecule has 0 amide bonds. The van der Waals surface area contributed by atoms with Crippen LogP contribution < -0.4 is 0 Å². The second kappa shape index (κ2) is 9.55. The highest BCUT2D eigenvalue weighted by Gasteiger charge is 2.05. The maximum atomic E-state index is 2.30. The summed E-state index contributed by atoms with van der Waals surface area (Å²) in [5.41, 5.74) is 2.90. The average Bonchev–Trinajstić information content (AvgIpc) is 2.32. The third kappa shape index (κ3) is 4.64. The largest absolute Gasteiger partial charge is 0.305 e. The fraction of sp³-hybridized carbons (Fsp3) is 0.474. The summed E-state index contributed by atoms with van der Waals surface area (Å²) in [6.45, 7) is 3.25. The van der Waals surface area contributed by atoms with E-state index in [-0.39, 0.29) is 22.3 Å². The van der Waals surface area contributed by atoms with Crippen molar-refractivity contribution in [1.82, 2.24) is 4.90 Å². The van der Waals surface area contributed by atoms with Gasteiger partial charge < -0.3 is 4.90 Å². The van der Waals surface area contributed by atoms with E-state index in [0.717, 1.165) is 6.54 Å². The molecular formula is C19H33N. The predicted molar refractivity (Wildman–Crippen MR) is 95.5 cm³/mol. The highest BCUT2D eigenvalue weighted by Crippen LogP contribution is 2.24. The third-order valence-electron chi connectivity index (χ3n) is 3.11. The molecule has 114 valence electrons. The van der Waals surface area contributed by atoms with Gasteiger partial charge in [0.05, 0.1) is 0 Å². The zero-order valence-electron chi connectivity index (χ0n) is 11.0. The molecule has 0 unspecified atom stereocenters. The molecule has 0 heterocycles. The average molecular weight is 275 g/mol. The number of benzene rings is 2. The van der Waals surface area contributed by atoms with Gasteiger partial charge in [0.2, 0.25) is 0 Å². The molecule has 0 N–H and O–H groups in total. The van der Waals surface area contributed by atoms with Gasteiger partial charge in [0, 0.05) is 6.54 Å². The van der Waals surface area contributed by atoms with E-state index >= 15 is 0 Å². The van der Waals surface area contributed by atoms with E-state index in [0.29, 0.717) is 0 Å². The highest BCUT2D eigenvalue weighted by molar-refractivity contribution is 5.88. The van der Waals surface area contributed by atoms with Gasteiger partial charge in [-0.15, -0.1) is 0 Å². The van der Waals surface area contributed by atoms with E-state index in [9.17, 15) is 0 Å². The number of hydrogen-bond donors (Lipinski definition) is 0. The first-order valence-electron chi connectivity index (χ1n) is 6.36. The Kier molecular flexibility index (Phi) is 10.0. The van der Waals surface area contributed by atoms with Crippen LogP contribution in [0.5, 0.6) is 0 Å². The molecule has 0 fully saturated rings. The molecule has 2 aromatic rings. The molecule has 0 spiro atoms. The first-order chi connectivity index (χ1) is 8.22. The third-order valence-corrected chi connectivity index (χ3v) is 3.11. The smallest absolute Gasteiger partial charge is 0.0233 e. The van der Waals surface area contributed by atoms with Gasteiger partial charge in [-0.1, -0.05) is 72.0 Å². The lowest BCUT2D eigenvalue weighted by molar-refractivity contribution is 0.404. The van der Waals surface area contributed by atoms with Crippen molar-refractivity contribution in [3.05, 3.63) is 47.5 Å². The number of aryl methyl sites for hydroxylation is 1. The second-order valence-electron chi connectivity index (χ2n) is 4.92. The van der Waals surface area contributed by atoms with E-state index < -0.39 is 0 Å². The van der Waals surface area contributed by atoms with Crippen LogP contribution in [-0.4, -0.2) is 19.0 Å². The molecule has 2 aromatic carbocycles. The fourth-order valence-electron chi connectivity index (χ4n) is 2.39. The molecular weight excluding hydrogens is 242 g/mol. The summed E-state index contributed by atoms with van der Waals surface area (Å²) in [6, 6.07) is 13.4. The second-order valence-corrected chi connectivity index (χ2v) is 4.92. The Labute approximate surface area is 126 Å². The normalized spacial score (nSPS) is 9.60. The molecule has 0 atom stereocenters. The van der Waals surface area contributed by atoms with Crippen LogP contribution in [0.25, 0.3) is 10.8 Å². The molecule has 2 rings (SSSR count). The first-order valence-corrected chi connectivity index (χ1v) is 6.36. The van der Waals surface area contributed by atoms with Crippen LogP contribution in [0.3, 0.4) is 0 Å². The number of fused-ring (bicyclic) bond motifs is 1. The van der Waals surface area contributed by atoms with Crippen molar-refractivity contribution in [2.75, 3.05) is 14.1 Å². The molecule has 20 heavy (non-hydrogen) atoms. The van der Waals surface area contributed by atoms with Crippen molar-refractivity contribution in [2.24, 2.45) is 0 Å². The first kappa shape index (κ1) is 21.0. The molecule has 0 bridgehead atoms. The Balaban J connectivity index is 0. The van der Waals surface area contributed by atoms with E-state index in [1.54, 1.807) is 0 Å². The molecule has 0 aliphatic rings. The van der Waals surface area contributed by atoms with Crippen molar-refractivity contribution < 1.29 is 0 Å². The van der Waals surface area contributed by atoms with Gasteiger partial charge >= 0.3 is 0 Å². The number of nitrogens with zero attached hydrogens (tertiary/aromatic N) is 1. The lowest BCUT2D eigenvalue weighted by Crippen LogP contribution is -2.11. The molecule has 0 saturated carbocycles. The summed E-state index contributed by atoms with van der Waals surface area (Å²) >= 11 is 0. The number of hydrogen-bond acceptors (Lipinski definition) is 1. The molecule has 0 saturated heterocycles. The van der Waals surface area contributed by atoms with Crippen molar-refractivity contribution in [3.63, 3.8) is 0 Å². The summed E-state index contributed by atoms with van der Waals surface area (Å²) in [7, 11) is 4.24. The van der Waals surface area contributed by atoms with Crippen LogP contribution in [0.1, 0.15) is 46.8 Å². The Morgan fingerprint density at radius 3 is 1.80 bits per heavy atom. The Bertz CT molecular complexity index is 500. The van der Waals surface area contributed by atoms with Gasteiger partial charge in [-0.05, 0) is 42.4 Å². The zero-order valence-corrected chi connectivity index (χ0v) is 11.0. The molecule has 0 aromatic heterocycles. The lowest BCUT2D eigenvalue weighted by atomic mass is 9.97. The summed E-state index contributed by atoms with van der Waals surface area (Å²) in [4.78, 5) is 2.22. The fourth-order valence-corrected chi connectivity index (χ4v) is 2.39. The van der Waals surface area contributed by atoms with E-state index in [4.69, 9.17) is 0 Å². The maximum absolute atomic E-state index is 2.30. The van der Waals surface area contributed by atoms with Crippen molar-refractivity contribution in [1.29, 1.82) is 0 Å². The van der Waals surface area contributed by atoms with E-state index in [1.807, 2.05) is 0 Å². The van der Waals surface area contributed by atoms with Crippen LogP contribution >= 0.6 is 0 Å². The molecule has 0 aliphatic heterocycles. The van der Waals surface area contributed by atoms with Crippen LogP contribution in [0.4, 0.5) is 0 Å². The Hall–Kier alpha value is -1.34. The van der Waals surface area contributed by atoms with Crippen LogP contribution in [0.2, 0.25) is 0 Å². The Morgan fingerprint density at radius 1 is 0.800 bits per heavy atom. The van der Waals surface area contributed by atoms with Gasteiger partial charge in [0.15, 0.2) is 0 Å². The standard InChI is InChI=1S/C16H21N.3CH4/c1-4-7-13-10-11-14(12-17(2)3)16-9-6-5-8-15(13)16;;;/h5-6,8-11H,4,7,12H2,1-3H3;3*1H4. The van der Waals surface area contributed by atoms with Gasteiger partial charge in [-0.2, -0.15) is 0 Å². The molecule has 1 heteroatoms. The van der Waals surface area contributed by atoms with Crippen molar-refractivity contribution in [2.45, 2.75) is 48.6 Å². The molecule has 0 radical (unpaired) electrons. The van der Waals surface area contributed by atoms with Crippen molar-refractivity contribution in [3.8, 4) is 0 Å². The summed E-state index contributed by atoms with van der Waals surface area (Å²) < 4.78 is 0. The SMILES string of the molecule is C.C.C.CCCc1ccc(CN(C)C)c2ccccc12. The summed E-state index contributed by atoms with van der Waals surface area (Å²) in [5, 5.41) is 2.83. The Morgan fingerprint density at radius 2 is 1.30 bits per heavy atom. The maximum Gasteiger partial charge on any atom is 0.0233 e.